The molecule has 128 valence electrons. The van der Waals surface area contributed by atoms with Crippen molar-refractivity contribution in [2.75, 3.05) is 6.54 Å². The Kier molecular flexibility index (Phi) is 5.63. The van der Waals surface area contributed by atoms with Gasteiger partial charge in [-0.15, -0.1) is 6.58 Å². The number of allylic oxidation sites excluding steroid dienone is 1. The fourth-order valence-corrected chi connectivity index (χ4v) is 3.31. The molecule has 1 heterocycles. The fourth-order valence-electron chi connectivity index (χ4n) is 3.04. The van der Waals surface area contributed by atoms with Crippen LogP contribution in [0, 0.1) is 4.77 Å². The molecule has 0 bridgehead atoms. The number of hydrogen-bond acceptors (Lipinski definition) is 3. The van der Waals surface area contributed by atoms with Crippen LogP contribution in [0.3, 0.4) is 0 Å². The van der Waals surface area contributed by atoms with Gasteiger partial charge >= 0.3 is 0 Å². The number of benzene rings is 1. The van der Waals surface area contributed by atoms with Crippen molar-refractivity contribution in [1.82, 2.24) is 19.2 Å². The van der Waals surface area contributed by atoms with Crippen LogP contribution in [-0.4, -0.2) is 25.8 Å². The third-order valence-electron chi connectivity index (χ3n) is 4.33. The molecule has 2 aromatic rings. The third-order valence-corrected chi connectivity index (χ3v) is 4.76. The van der Waals surface area contributed by atoms with E-state index in [4.69, 9.17) is 17.3 Å². The molecule has 1 aromatic carbocycles. The van der Waals surface area contributed by atoms with E-state index in [1.165, 1.54) is 18.4 Å². The van der Waals surface area contributed by atoms with Gasteiger partial charge in [-0.25, -0.2) is 4.68 Å². The van der Waals surface area contributed by atoms with Crippen LogP contribution in [0.2, 0.25) is 0 Å². The van der Waals surface area contributed by atoms with Crippen molar-refractivity contribution in [2.45, 2.75) is 51.9 Å². The van der Waals surface area contributed by atoms with E-state index in [0.717, 1.165) is 43.3 Å². The van der Waals surface area contributed by atoms with Gasteiger partial charge in [-0.05, 0) is 43.6 Å². The third kappa shape index (κ3) is 4.02. The van der Waals surface area contributed by atoms with Crippen LogP contribution < -0.4 is 0 Å². The Morgan fingerprint density at radius 3 is 2.71 bits per heavy atom. The smallest absolute Gasteiger partial charge is 0.199 e. The summed E-state index contributed by atoms with van der Waals surface area (Å²) < 4.78 is 4.95. The first-order valence-electron chi connectivity index (χ1n) is 8.77. The van der Waals surface area contributed by atoms with Gasteiger partial charge in [0.1, 0.15) is 5.82 Å². The van der Waals surface area contributed by atoms with Crippen LogP contribution in [0.1, 0.15) is 43.5 Å². The molecule has 4 nitrogen and oxygen atoms in total. The molecular weight excluding hydrogens is 316 g/mol. The van der Waals surface area contributed by atoms with Crippen molar-refractivity contribution in [3.05, 3.63) is 59.1 Å². The SMILES string of the molecule is C=CCn1c(C2CC2)nn(CN(CCC)Cc2ccccc2)c1=S. The maximum atomic E-state index is 5.68. The van der Waals surface area contributed by atoms with Gasteiger partial charge in [-0.3, -0.25) is 9.47 Å². The number of nitrogens with zero attached hydrogens (tertiary/aromatic N) is 4. The number of hydrogen-bond donors (Lipinski definition) is 0. The second-order valence-corrected chi connectivity index (χ2v) is 6.86. The number of aromatic nitrogens is 3. The molecule has 1 saturated carbocycles. The molecule has 3 rings (SSSR count). The molecule has 1 fully saturated rings. The summed E-state index contributed by atoms with van der Waals surface area (Å²) in [7, 11) is 0. The Morgan fingerprint density at radius 1 is 1.33 bits per heavy atom. The predicted octanol–water partition coefficient (Wildman–Crippen LogP) is 4.35. The van der Waals surface area contributed by atoms with Crippen LogP contribution >= 0.6 is 12.2 Å². The second kappa shape index (κ2) is 7.90. The molecule has 1 aliphatic carbocycles. The Hall–Kier alpha value is -1.72. The molecule has 1 aliphatic rings. The summed E-state index contributed by atoms with van der Waals surface area (Å²) in [5, 5.41) is 4.84. The molecular formula is C19H26N4S. The van der Waals surface area contributed by atoms with Crippen molar-refractivity contribution < 1.29 is 0 Å². The first-order valence-corrected chi connectivity index (χ1v) is 9.18. The van der Waals surface area contributed by atoms with Crippen LogP contribution in [-0.2, 0) is 19.8 Å². The summed E-state index contributed by atoms with van der Waals surface area (Å²) in [4.78, 5) is 2.41. The average molecular weight is 343 g/mol. The van der Waals surface area contributed by atoms with Crippen molar-refractivity contribution in [3.8, 4) is 0 Å². The molecule has 0 aliphatic heterocycles. The van der Waals surface area contributed by atoms with Gasteiger partial charge in [-0.2, -0.15) is 5.10 Å². The van der Waals surface area contributed by atoms with Crippen LogP contribution in [0.25, 0.3) is 0 Å². The first kappa shape index (κ1) is 17.1. The minimum absolute atomic E-state index is 0.585. The lowest BCUT2D eigenvalue weighted by Gasteiger charge is -2.21. The topological polar surface area (TPSA) is 26.0 Å². The van der Waals surface area contributed by atoms with E-state index in [1.54, 1.807) is 0 Å². The zero-order valence-electron chi connectivity index (χ0n) is 14.4. The minimum atomic E-state index is 0.585. The van der Waals surface area contributed by atoms with Gasteiger partial charge in [0.05, 0.1) is 6.67 Å². The van der Waals surface area contributed by atoms with Crippen LogP contribution in [0.5, 0.6) is 0 Å². The van der Waals surface area contributed by atoms with Gasteiger partial charge in [0.25, 0.3) is 0 Å². The van der Waals surface area contributed by atoms with Crippen molar-refractivity contribution >= 4 is 12.2 Å². The Labute approximate surface area is 149 Å². The molecule has 0 spiro atoms. The summed E-state index contributed by atoms with van der Waals surface area (Å²) in [6.45, 7) is 9.51. The molecule has 5 heteroatoms. The molecule has 0 amide bonds. The zero-order valence-corrected chi connectivity index (χ0v) is 15.2. The van der Waals surface area contributed by atoms with Gasteiger partial charge in [0.15, 0.2) is 4.77 Å². The van der Waals surface area contributed by atoms with Gasteiger partial charge < -0.3 is 0 Å². The van der Waals surface area contributed by atoms with E-state index >= 15 is 0 Å². The van der Waals surface area contributed by atoms with E-state index in [-0.39, 0.29) is 0 Å². The zero-order chi connectivity index (χ0) is 16.9. The molecule has 0 unspecified atom stereocenters. The lowest BCUT2D eigenvalue weighted by atomic mass is 10.2. The van der Waals surface area contributed by atoms with Gasteiger partial charge in [0.2, 0.25) is 0 Å². The molecule has 0 N–H and O–H groups in total. The van der Waals surface area contributed by atoms with E-state index in [1.807, 2.05) is 10.8 Å². The quantitative estimate of drug-likeness (QED) is 0.501. The monoisotopic (exact) mass is 342 g/mol. The van der Waals surface area contributed by atoms with E-state index < -0.39 is 0 Å². The molecule has 0 atom stereocenters. The number of rotatable bonds is 9. The Balaban J connectivity index is 1.80. The second-order valence-electron chi connectivity index (χ2n) is 6.49. The average Bonchev–Trinajstić information content (AvgIpc) is 3.38. The lowest BCUT2D eigenvalue weighted by molar-refractivity contribution is 0.196. The summed E-state index contributed by atoms with van der Waals surface area (Å²) >= 11 is 5.68. The summed E-state index contributed by atoms with van der Waals surface area (Å²) in [6.07, 6.45) is 5.47. The van der Waals surface area contributed by atoms with E-state index in [9.17, 15) is 0 Å². The lowest BCUT2D eigenvalue weighted by Crippen LogP contribution is -2.27. The van der Waals surface area contributed by atoms with Crippen molar-refractivity contribution in [2.24, 2.45) is 0 Å². The highest BCUT2D eigenvalue weighted by Gasteiger charge is 2.30. The first-order chi connectivity index (χ1) is 11.7. The predicted molar refractivity (Wildman–Crippen MR) is 100 cm³/mol. The molecule has 24 heavy (non-hydrogen) atoms. The molecule has 1 aromatic heterocycles. The maximum Gasteiger partial charge on any atom is 0.199 e. The van der Waals surface area contributed by atoms with Gasteiger partial charge in [0, 0.05) is 19.0 Å². The largest absolute Gasteiger partial charge is 0.300 e. The minimum Gasteiger partial charge on any atom is -0.300 e. The molecule has 0 radical (unpaired) electrons. The highest BCUT2D eigenvalue weighted by atomic mass is 32.1. The summed E-state index contributed by atoms with van der Waals surface area (Å²) in [5.74, 6) is 1.72. The van der Waals surface area contributed by atoms with E-state index in [2.05, 4.69) is 53.3 Å². The maximum absolute atomic E-state index is 5.68. The van der Waals surface area contributed by atoms with Crippen LogP contribution in [0.15, 0.2) is 43.0 Å². The van der Waals surface area contributed by atoms with Crippen LogP contribution in [0.4, 0.5) is 0 Å². The summed E-state index contributed by atoms with van der Waals surface area (Å²) in [5.41, 5.74) is 1.32. The normalized spacial score (nSPS) is 14.2. The highest BCUT2D eigenvalue weighted by Crippen LogP contribution is 2.39. The van der Waals surface area contributed by atoms with E-state index in [0.29, 0.717) is 5.92 Å². The molecule has 0 saturated heterocycles. The Morgan fingerprint density at radius 2 is 2.08 bits per heavy atom. The van der Waals surface area contributed by atoms with Crippen molar-refractivity contribution in [3.63, 3.8) is 0 Å². The summed E-state index contributed by atoms with van der Waals surface area (Å²) in [6, 6.07) is 10.6. The Bertz CT molecular complexity index is 728. The standard InChI is InChI=1S/C19H26N4S/c1-3-12-21(14-16-8-6-5-7-9-16)15-23-19(24)22(13-4-2)18(20-23)17-10-11-17/h4-9,17H,2-3,10-15H2,1H3. The fraction of sp³-hybridized carbons (Fsp3) is 0.474. The highest BCUT2D eigenvalue weighted by molar-refractivity contribution is 7.71. The van der Waals surface area contributed by atoms with Gasteiger partial charge in [-0.1, -0.05) is 43.3 Å². The van der Waals surface area contributed by atoms with Crippen molar-refractivity contribution in [1.29, 1.82) is 0 Å².